The Labute approximate surface area is 302 Å². The molecule has 0 aliphatic heterocycles. The molecule has 0 saturated heterocycles. The maximum Gasteiger partial charge on any atom is 0.240 e. The molecule has 18 heteroatoms. The fourth-order valence-corrected chi connectivity index (χ4v) is 3.72. The molecular weight excluding hydrogens is 678 g/mol. The molecule has 0 saturated carbocycles. The summed E-state index contributed by atoms with van der Waals surface area (Å²) >= 11 is 0. The summed E-state index contributed by atoms with van der Waals surface area (Å²) in [5, 5.41) is 21.7. The fourth-order valence-electron chi connectivity index (χ4n) is 3.72. The first-order valence-corrected chi connectivity index (χ1v) is 17.7. The van der Waals surface area contributed by atoms with E-state index in [0.29, 0.717) is 159 Å². The van der Waals surface area contributed by atoms with Crippen molar-refractivity contribution in [2.45, 2.75) is 19.9 Å². The second kappa shape index (κ2) is 37.6. The topological polar surface area (TPSA) is 197 Å². The summed E-state index contributed by atoms with van der Waals surface area (Å²) in [5.74, 6) is -0.704. The zero-order valence-electron chi connectivity index (χ0n) is 30.4. The number of amides is 1. The summed E-state index contributed by atoms with van der Waals surface area (Å²) in [6.45, 7) is 14.0. The molecule has 0 aliphatic rings. The molecular formula is C33H63N3O15. The van der Waals surface area contributed by atoms with E-state index in [0.717, 1.165) is 17.5 Å². The normalized spacial score (nSPS) is 11.5. The van der Waals surface area contributed by atoms with Gasteiger partial charge < -0.3 is 67.6 Å². The first kappa shape index (κ1) is 46.9. The number of nitrogens with zero attached hydrogens (tertiary/aromatic N) is 1. The zero-order valence-corrected chi connectivity index (χ0v) is 30.4. The number of rotatable bonds is 41. The standard InChI is InChI=1S/C33H63N3O15/c1-2-5-35-51-29-28-50-27-26-49-25-24-48-23-22-47-21-20-46-19-18-45-17-16-44-15-14-43-13-12-42-11-10-41-9-8-40-7-6-34-31(37)30-36-32(38)3-4-33(36)39/h3-4,35,38-39H,2,5-30H2,1H3,(H,34,37). The van der Waals surface area contributed by atoms with Gasteiger partial charge in [0, 0.05) is 25.2 Å². The molecule has 0 atom stereocenters. The molecule has 300 valence electrons. The minimum Gasteiger partial charge on any atom is -0.494 e. The van der Waals surface area contributed by atoms with Crippen LogP contribution in [0.5, 0.6) is 11.8 Å². The van der Waals surface area contributed by atoms with Crippen molar-refractivity contribution in [3.63, 3.8) is 0 Å². The molecule has 0 bridgehead atoms. The van der Waals surface area contributed by atoms with E-state index >= 15 is 0 Å². The molecule has 1 heterocycles. The van der Waals surface area contributed by atoms with Crippen molar-refractivity contribution in [2.75, 3.05) is 165 Å². The van der Waals surface area contributed by atoms with Crippen molar-refractivity contribution in [1.82, 2.24) is 15.4 Å². The lowest BCUT2D eigenvalue weighted by atomic mass is 10.5. The van der Waals surface area contributed by atoms with Gasteiger partial charge in [-0.1, -0.05) is 6.92 Å². The van der Waals surface area contributed by atoms with E-state index in [-0.39, 0.29) is 24.2 Å². The fraction of sp³-hybridized carbons (Fsp3) is 0.848. The van der Waals surface area contributed by atoms with E-state index in [4.69, 9.17) is 56.9 Å². The Morgan fingerprint density at radius 3 is 1.10 bits per heavy atom. The summed E-state index contributed by atoms with van der Waals surface area (Å²) in [5.41, 5.74) is 2.84. The van der Waals surface area contributed by atoms with Crippen LogP contribution in [0, 0.1) is 0 Å². The van der Waals surface area contributed by atoms with E-state index < -0.39 is 0 Å². The lowest BCUT2D eigenvalue weighted by Crippen LogP contribution is -2.30. The van der Waals surface area contributed by atoms with Gasteiger partial charge in [0.15, 0.2) is 11.8 Å². The summed E-state index contributed by atoms with van der Waals surface area (Å²) in [4.78, 5) is 17.0. The monoisotopic (exact) mass is 741 g/mol. The minimum absolute atomic E-state index is 0.179. The van der Waals surface area contributed by atoms with Gasteiger partial charge in [-0.3, -0.25) is 14.2 Å². The second-order valence-corrected chi connectivity index (χ2v) is 10.5. The van der Waals surface area contributed by atoms with Gasteiger partial charge in [0.2, 0.25) is 5.91 Å². The van der Waals surface area contributed by atoms with Gasteiger partial charge in [0.1, 0.15) is 6.54 Å². The zero-order chi connectivity index (χ0) is 36.7. The third kappa shape index (κ3) is 32.2. The van der Waals surface area contributed by atoms with Crippen molar-refractivity contribution in [3.05, 3.63) is 12.1 Å². The Kier molecular flexibility index (Phi) is 34.5. The number of ether oxygens (including phenoxy) is 11. The number of aromatic nitrogens is 1. The largest absolute Gasteiger partial charge is 0.494 e. The van der Waals surface area contributed by atoms with E-state index in [1.54, 1.807) is 0 Å². The molecule has 0 aliphatic carbocycles. The smallest absolute Gasteiger partial charge is 0.240 e. The number of nitrogens with one attached hydrogen (secondary N) is 2. The highest BCUT2D eigenvalue weighted by Crippen LogP contribution is 2.20. The summed E-state index contributed by atoms with van der Waals surface area (Å²) in [6, 6.07) is 2.62. The van der Waals surface area contributed by atoms with Crippen LogP contribution in [-0.2, 0) is 68.3 Å². The van der Waals surface area contributed by atoms with Crippen LogP contribution in [0.25, 0.3) is 0 Å². The summed E-state index contributed by atoms with van der Waals surface area (Å²) in [7, 11) is 0. The predicted octanol–water partition coefficient (Wildman–Crippen LogP) is 0.129. The molecule has 0 unspecified atom stereocenters. The number of carbonyl (C=O) groups is 1. The van der Waals surface area contributed by atoms with Crippen molar-refractivity contribution >= 4 is 5.91 Å². The van der Waals surface area contributed by atoms with Gasteiger partial charge in [-0.05, 0) is 6.42 Å². The Hall–Kier alpha value is -2.17. The van der Waals surface area contributed by atoms with Crippen LogP contribution in [0.4, 0.5) is 0 Å². The van der Waals surface area contributed by atoms with Gasteiger partial charge in [-0.2, -0.15) is 0 Å². The van der Waals surface area contributed by atoms with Crippen LogP contribution < -0.4 is 10.8 Å². The van der Waals surface area contributed by atoms with Crippen LogP contribution in [0.3, 0.4) is 0 Å². The third-order valence-electron chi connectivity index (χ3n) is 6.31. The van der Waals surface area contributed by atoms with Crippen molar-refractivity contribution < 1.29 is 72.0 Å². The second-order valence-electron chi connectivity index (χ2n) is 10.5. The van der Waals surface area contributed by atoms with Gasteiger partial charge in [-0.25, -0.2) is 5.48 Å². The van der Waals surface area contributed by atoms with Crippen LogP contribution in [0.15, 0.2) is 12.1 Å². The predicted molar refractivity (Wildman–Crippen MR) is 184 cm³/mol. The van der Waals surface area contributed by atoms with Crippen LogP contribution in [0.1, 0.15) is 13.3 Å². The highest BCUT2D eigenvalue weighted by molar-refractivity contribution is 5.76. The first-order valence-electron chi connectivity index (χ1n) is 17.7. The van der Waals surface area contributed by atoms with E-state index in [1.165, 1.54) is 12.1 Å². The first-order chi connectivity index (χ1) is 25.1. The number of carbonyl (C=O) groups excluding carboxylic acids is 1. The Bertz CT molecular complexity index is 865. The number of hydroxylamine groups is 1. The van der Waals surface area contributed by atoms with Gasteiger partial charge in [0.25, 0.3) is 0 Å². The molecule has 0 aromatic carbocycles. The molecule has 1 aromatic heterocycles. The highest BCUT2D eigenvalue weighted by atomic mass is 16.7. The molecule has 18 nitrogen and oxygen atoms in total. The molecule has 1 rings (SSSR count). The summed E-state index contributed by atoms with van der Waals surface area (Å²) in [6.07, 6.45) is 1.03. The molecule has 0 spiro atoms. The van der Waals surface area contributed by atoms with Crippen molar-refractivity contribution in [2.24, 2.45) is 0 Å². The van der Waals surface area contributed by atoms with Gasteiger partial charge in [0.05, 0.1) is 152 Å². The Balaban J connectivity index is 1.64. The van der Waals surface area contributed by atoms with Crippen LogP contribution in [-0.4, -0.2) is 186 Å². The molecule has 1 aromatic rings. The molecule has 1 amide bonds. The third-order valence-corrected chi connectivity index (χ3v) is 6.31. The highest BCUT2D eigenvalue weighted by Gasteiger charge is 2.10. The van der Waals surface area contributed by atoms with Gasteiger partial charge in [-0.15, -0.1) is 0 Å². The average molecular weight is 742 g/mol. The molecule has 51 heavy (non-hydrogen) atoms. The van der Waals surface area contributed by atoms with E-state index in [2.05, 4.69) is 17.7 Å². The summed E-state index contributed by atoms with van der Waals surface area (Å²) < 4.78 is 61.0. The number of hydrogen-bond acceptors (Lipinski definition) is 16. The number of aromatic hydroxyl groups is 2. The average Bonchev–Trinajstić information content (AvgIpc) is 3.44. The quantitative estimate of drug-likeness (QED) is 0.0522. The van der Waals surface area contributed by atoms with E-state index in [9.17, 15) is 15.0 Å². The van der Waals surface area contributed by atoms with E-state index in [1.807, 2.05) is 0 Å². The van der Waals surface area contributed by atoms with Crippen molar-refractivity contribution in [3.8, 4) is 11.8 Å². The van der Waals surface area contributed by atoms with Crippen LogP contribution >= 0.6 is 0 Å². The molecule has 0 radical (unpaired) electrons. The maximum atomic E-state index is 11.8. The van der Waals surface area contributed by atoms with Crippen LogP contribution in [0.2, 0.25) is 0 Å². The van der Waals surface area contributed by atoms with Crippen molar-refractivity contribution in [1.29, 1.82) is 0 Å². The Morgan fingerprint density at radius 1 is 0.490 bits per heavy atom. The van der Waals surface area contributed by atoms with Gasteiger partial charge >= 0.3 is 0 Å². The Morgan fingerprint density at radius 2 is 0.784 bits per heavy atom. The maximum absolute atomic E-state index is 11.8. The SMILES string of the molecule is CCCNOCCOCCOCCOCCOCCOCCOCCOCCOCCOCCOCCOCCNC(=O)Cn1c(O)ccc1O. The lowest BCUT2D eigenvalue weighted by molar-refractivity contribution is -0.122. The number of hydrogen-bond donors (Lipinski definition) is 4. The lowest BCUT2D eigenvalue weighted by Gasteiger charge is -2.09. The molecule has 4 N–H and O–H groups in total. The molecule has 0 fully saturated rings. The minimum atomic E-state index is -0.347.